The number of carboxylic acids is 1. The summed E-state index contributed by atoms with van der Waals surface area (Å²) in [6.07, 6.45) is -0.715. The van der Waals surface area contributed by atoms with Crippen molar-refractivity contribution >= 4 is 29.4 Å². The van der Waals surface area contributed by atoms with Gasteiger partial charge in [0.2, 0.25) is 6.10 Å². The van der Waals surface area contributed by atoms with Gasteiger partial charge in [-0.3, -0.25) is 4.79 Å². The van der Waals surface area contributed by atoms with Crippen LogP contribution in [0.1, 0.15) is 20.3 Å². The molecule has 3 atom stereocenters. The van der Waals surface area contributed by atoms with E-state index in [-0.39, 0.29) is 24.1 Å². The molecule has 100 valence electrons. The first-order chi connectivity index (χ1) is 8.50. The second-order valence-electron chi connectivity index (χ2n) is 4.49. The van der Waals surface area contributed by atoms with Crippen LogP contribution >= 0.6 is 11.8 Å². The van der Waals surface area contributed by atoms with Crippen LogP contribution in [0.25, 0.3) is 0 Å². The average Bonchev–Trinajstić information content (AvgIpc) is 2.81. The fourth-order valence-corrected chi connectivity index (χ4v) is 3.16. The van der Waals surface area contributed by atoms with Crippen molar-refractivity contribution in [1.29, 1.82) is 0 Å². The Morgan fingerprint density at radius 3 is 2.83 bits per heavy atom. The molecule has 18 heavy (non-hydrogen) atoms. The Kier molecular flexibility index (Phi) is 3.79. The number of nitrogens with zero attached hydrogens (tertiary/aromatic N) is 2. The van der Waals surface area contributed by atoms with Crippen molar-refractivity contribution in [2.45, 2.75) is 37.7 Å². The number of hydrogen-bond donors (Lipinski definition) is 1. The number of aliphatic carboxylic acids is 1. The van der Waals surface area contributed by atoms with Gasteiger partial charge in [-0.25, -0.2) is 4.79 Å². The van der Waals surface area contributed by atoms with E-state index < -0.39 is 12.1 Å². The zero-order valence-electron chi connectivity index (χ0n) is 10.3. The summed E-state index contributed by atoms with van der Waals surface area (Å²) in [6.45, 7) is 4.77. The van der Waals surface area contributed by atoms with Crippen molar-refractivity contribution in [3.63, 3.8) is 0 Å². The van der Waals surface area contributed by atoms with Crippen LogP contribution in [0.2, 0.25) is 0 Å². The van der Waals surface area contributed by atoms with Gasteiger partial charge in [0.25, 0.3) is 5.91 Å². The van der Waals surface area contributed by atoms with E-state index in [1.807, 2.05) is 18.7 Å². The van der Waals surface area contributed by atoms with Crippen molar-refractivity contribution in [2.24, 2.45) is 5.16 Å². The molecule has 0 aliphatic carbocycles. The highest BCUT2D eigenvalue weighted by Crippen LogP contribution is 2.26. The highest BCUT2D eigenvalue weighted by molar-refractivity contribution is 8.00. The Bertz CT molecular complexity index is 399. The second-order valence-corrected chi connectivity index (χ2v) is 5.97. The minimum atomic E-state index is -1.12. The molecule has 1 saturated heterocycles. The Balaban J connectivity index is 1.99. The largest absolute Gasteiger partial charge is 0.477 e. The topological polar surface area (TPSA) is 79.2 Å². The Labute approximate surface area is 109 Å². The maximum Gasteiger partial charge on any atom is 0.353 e. The lowest BCUT2D eigenvalue weighted by atomic mass is 10.1. The number of thioether (sulfide) groups is 1. The number of carbonyl (C=O) groups is 2. The monoisotopic (exact) mass is 272 g/mol. The van der Waals surface area contributed by atoms with Gasteiger partial charge in [-0.15, -0.1) is 0 Å². The quantitative estimate of drug-likeness (QED) is 0.795. The van der Waals surface area contributed by atoms with Gasteiger partial charge < -0.3 is 14.8 Å². The van der Waals surface area contributed by atoms with Gasteiger partial charge in [-0.05, 0) is 6.92 Å². The Morgan fingerprint density at radius 2 is 2.22 bits per heavy atom. The van der Waals surface area contributed by atoms with E-state index in [0.29, 0.717) is 11.8 Å². The number of amides is 1. The molecule has 7 heteroatoms. The molecule has 0 aromatic carbocycles. The molecule has 1 N–H and O–H groups in total. The Morgan fingerprint density at radius 1 is 1.50 bits per heavy atom. The number of carbonyl (C=O) groups excluding carboxylic acids is 1. The lowest BCUT2D eigenvalue weighted by Crippen LogP contribution is -2.51. The van der Waals surface area contributed by atoms with E-state index >= 15 is 0 Å². The number of oxime groups is 1. The predicted octanol–water partition coefficient (Wildman–Crippen LogP) is 0.568. The van der Waals surface area contributed by atoms with Crippen LogP contribution in [0, 0.1) is 0 Å². The molecule has 3 unspecified atom stereocenters. The third kappa shape index (κ3) is 2.45. The number of hydrogen-bond acceptors (Lipinski definition) is 5. The van der Waals surface area contributed by atoms with E-state index in [9.17, 15) is 9.59 Å². The SMILES string of the molecule is CC1SCCN(C(=O)C2CC(C(=O)O)=NO2)C1C. The molecule has 2 rings (SSSR count). The summed E-state index contributed by atoms with van der Waals surface area (Å²) in [5.74, 6) is -0.382. The maximum absolute atomic E-state index is 12.2. The van der Waals surface area contributed by atoms with Crippen LogP contribution < -0.4 is 0 Å². The third-order valence-electron chi connectivity index (χ3n) is 3.36. The standard InChI is InChI=1S/C11H16N2O4S/c1-6-7(2)18-4-3-13(6)10(14)9-5-8(11(15)16)12-17-9/h6-7,9H,3-5H2,1-2H3,(H,15,16). The van der Waals surface area contributed by atoms with Crippen molar-refractivity contribution in [3.05, 3.63) is 0 Å². The molecule has 2 aliphatic heterocycles. The first-order valence-electron chi connectivity index (χ1n) is 5.88. The van der Waals surface area contributed by atoms with Crippen LogP contribution in [0.4, 0.5) is 0 Å². The average molecular weight is 272 g/mol. The van der Waals surface area contributed by atoms with Crippen LogP contribution in [-0.2, 0) is 14.4 Å². The van der Waals surface area contributed by atoms with Gasteiger partial charge in [0.05, 0.1) is 0 Å². The normalized spacial score (nSPS) is 31.8. The zero-order chi connectivity index (χ0) is 13.3. The molecule has 6 nitrogen and oxygen atoms in total. The summed E-state index contributed by atoms with van der Waals surface area (Å²) in [6, 6.07) is 0.133. The van der Waals surface area contributed by atoms with Gasteiger partial charge in [0.1, 0.15) is 0 Å². The van der Waals surface area contributed by atoms with Crippen molar-refractivity contribution in [3.8, 4) is 0 Å². The highest BCUT2D eigenvalue weighted by Gasteiger charge is 2.38. The molecule has 2 aliphatic rings. The summed E-state index contributed by atoms with van der Waals surface area (Å²) in [4.78, 5) is 29.7. The Hall–Kier alpha value is -1.24. The van der Waals surface area contributed by atoms with Crippen LogP contribution in [0.15, 0.2) is 5.16 Å². The molecule has 0 spiro atoms. The zero-order valence-corrected chi connectivity index (χ0v) is 11.1. The van der Waals surface area contributed by atoms with E-state index in [1.165, 1.54) is 0 Å². The summed E-state index contributed by atoms with van der Waals surface area (Å²) >= 11 is 1.84. The maximum atomic E-state index is 12.2. The third-order valence-corrected chi connectivity index (χ3v) is 4.70. The van der Waals surface area contributed by atoms with E-state index in [0.717, 1.165) is 5.75 Å². The van der Waals surface area contributed by atoms with Gasteiger partial charge >= 0.3 is 5.97 Å². The van der Waals surface area contributed by atoms with E-state index in [2.05, 4.69) is 12.1 Å². The first-order valence-corrected chi connectivity index (χ1v) is 6.93. The van der Waals surface area contributed by atoms with E-state index in [4.69, 9.17) is 9.94 Å². The van der Waals surface area contributed by atoms with Crippen molar-refractivity contribution in [1.82, 2.24) is 4.90 Å². The molecule has 1 amide bonds. The summed E-state index contributed by atoms with van der Waals surface area (Å²) in [5, 5.41) is 12.6. The van der Waals surface area contributed by atoms with Crippen LogP contribution in [0.3, 0.4) is 0 Å². The fourth-order valence-electron chi connectivity index (χ4n) is 2.07. The lowest BCUT2D eigenvalue weighted by Gasteiger charge is -2.38. The lowest BCUT2D eigenvalue weighted by molar-refractivity contribution is -0.144. The minimum Gasteiger partial charge on any atom is -0.477 e. The molecular formula is C11H16N2O4S. The van der Waals surface area contributed by atoms with Crippen molar-refractivity contribution in [2.75, 3.05) is 12.3 Å². The van der Waals surface area contributed by atoms with Gasteiger partial charge in [0.15, 0.2) is 5.71 Å². The molecule has 0 saturated carbocycles. The minimum absolute atomic E-state index is 0.0545. The molecule has 0 bridgehead atoms. The second kappa shape index (κ2) is 5.17. The predicted molar refractivity (Wildman–Crippen MR) is 67.7 cm³/mol. The van der Waals surface area contributed by atoms with Gasteiger partial charge in [0, 0.05) is 30.0 Å². The summed E-state index contributed by atoms with van der Waals surface area (Å²) in [5.41, 5.74) is -0.0829. The van der Waals surface area contributed by atoms with Crippen LogP contribution in [-0.4, -0.2) is 57.3 Å². The molecule has 1 fully saturated rings. The molecule has 0 aromatic rings. The van der Waals surface area contributed by atoms with E-state index in [1.54, 1.807) is 4.90 Å². The van der Waals surface area contributed by atoms with Crippen LogP contribution in [0.5, 0.6) is 0 Å². The molecule has 0 radical (unpaired) electrons. The number of rotatable bonds is 2. The number of carboxylic acid groups (broad SMARTS) is 1. The molecular weight excluding hydrogens is 256 g/mol. The summed E-state index contributed by atoms with van der Waals surface area (Å²) in [7, 11) is 0. The summed E-state index contributed by atoms with van der Waals surface area (Å²) < 4.78 is 0. The van der Waals surface area contributed by atoms with Gasteiger partial charge in [-0.1, -0.05) is 12.1 Å². The molecule has 2 heterocycles. The molecule has 0 aromatic heterocycles. The smallest absolute Gasteiger partial charge is 0.353 e. The highest BCUT2D eigenvalue weighted by atomic mass is 32.2. The van der Waals surface area contributed by atoms with Crippen molar-refractivity contribution < 1.29 is 19.5 Å². The van der Waals surface area contributed by atoms with Gasteiger partial charge in [-0.2, -0.15) is 11.8 Å². The first kappa shape index (κ1) is 13.2. The fraction of sp³-hybridized carbons (Fsp3) is 0.727.